The van der Waals surface area contributed by atoms with Gasteiger partial charge in [-0.05, 0) is 19.3 Å². The number of alkyl halides is 3. The molecule has 5 nitrogen and oxygen atoms in total. The summed E-state index contributed by atoms with van der Waals surface area (Å²) in [5.41, 5.74) is -1.54. The van der Waals surface area contributed by atoms with Gasteiger partial charge in [-0.3, -0.25) is 14.9 Å². The number of nitriles is 2. The Hall–Kier alpha value is -2.09. The van der Waals surface area contributed by atoms with Crippen LogP contribution in [-0.4, -0.2) is 18.0 Å². The van der Waals surface area contributed by atoms with Crippen LogP contribution in [0.4, 0.5) is 13.2 Å². The Labute approximate surface area is 118 Å². The number of carbonyl (C=O) groups excluding carboxylic acids is 2. The second kappa shape index (κ2) is 5.03. The summed E-state index contributed by atoms with van der Waals surface area (Å²) < 4.78 is 39.0. The molecule has 21 heavy (non-hydrogen) atoms. The van der Waals surface area contributed by atoms with Crippen molar-refractivity contribution in [3.63, 3.8) is 0 Å². The van der Waals surface area contributed by atoms with E-state index in [0.29, 0.717) is 0 Å². The van der Waals surface area contributed by atoms with E-state index >= 15 is 0 Å². The molecule has 1 saturated carbocycles. The number of rotatable bonds is 0. The Morgan fingerprint density at radius 1 is 1.14 bits per heavy atom. The molecule has 1 aliphatic carbocycles. The molecule has 2 fully saturated rings. The van der Waals surface area contributed by atoms with Crippen LogP contribution in [-0.2, 0) is 9.59 Å². The first-order valence-electron chi connectivity index (χ1n) is 6.47. The molecule has 0 unspecified atom stereocenters. The first-order valence-corrected chi connectivity index (χ1v) is 6.47. The molecule has 1 N–H and O–H groups in total. The van der Waals surface area contributed by atoms with E-state index in [1.54, 1.807) is 12.1 Å². The first kappa shape index (κ1) is 15.3. The third kappa shape index (κ3) is 2.35. The summed E-state index contributed by atoms with van der Waals surface area (Å²) in [6.07, 6.45) is -4.90. The minimum absolute atomic E-state index is 0.0925. The summed E-state index contributed by atoms with van der Waals surface area (Å²) in [7, 11) is 0. The van der Waals surface area contributed by atoms with Gasteiger partial charge >= 0.3 is 6.18 Å². The topological polar surface area (TPSA) is 93.8 Å². The van der Waals surface area contributed by atoms with Gasteiger partial charge in [-0.1, -0.05) is 6.42 Å². The highest BCUT2D eigenvalue weighted by Crippen LogP contribution is 2.54. The van der Waals surface area contributed by atoms with Crippen LogP contribution < -0.4 is 5.32 Å². The minimum Gasteiger partial charge on any atom is -0.294 e. The first-order chi connectivity index (χ1) is 9.76. The number of piperidine rings is 1. The lowest BCUT2D eigenvalue weighted by atomic mass is 9.55. The molecule has 2 aliphatic rings. The molecular weight excluding hydrogens is 287 g/mol. The van der Waals surface area contributed by atoms with Gasteiger partial charge in [0.1, 0.15) is 11.8 Å². The Morgan fingerprint density at radius 3 is 2.10 bits per heavy atom. The van der Waals surface area contributed by atoms with Crippen LogP contribution in [0.3, 0.4) is 0 Å². The van der Waals surface area contributed by atoms with E-state index < -0.39 is 47.6 Å². The number of halogens is 3. The lowest BCUT2D eigenvalue weighted by molar-refractivity contribution is -0.200. The third-order valence-corrected chi connectivity index (χ3v) is 4.46. The Morgan fingerprint density at radius 2 is 1.67 bits per heavy atom. The number of imide groups is 1. The highest BCUT2D eigenvalue weighted by atomic mass is 19.4. The summed E-state index contributed by atoms with van der Waals surface area (Å²) in [6, 6.07) is 3.38. The predicted octanol–water partition coefficient (Wildman–Crippen LogP) is 1.66. The fourth-order valence-electron chi connectivity index (χ4n) is 3.47. The van der Waals surface area contributed by atoms with Crippen molar-refractivity contribution in [3.8, 4) is 12.1 Å². The molecule has 0 aromatic carbocycles. The van der Waals surface area contributed by atoms with Crippen LogP contribution in [0.5, 0.6) is 0 Å². The van der Waals surface area contributed by atoms with Gasteiger partial charge < -0.3 is 0 Å². The summed E-state index contributed by atoms with van der Waals surface area (Å²) in [4.78, 5) is 23.6. The van der Waals surface area contributed by atoms with Crippen molar-refractivity contribution in [2.75, 3.05) is 0 Å². The third-order valence-electron chi connectivity index (χ3n) is 4.46. The van der Waals surface area contributed by atoms with Crippen molar-refractivity contribution in [1.29, 1.82) is 10.5 Å². The van der Waals surface area contributed by atoms with E-state index in [0.717, 1.165) is 0 Å². The summed E-state index contributed by atoms with van der Waals surface area (Å²) >= 11 is 0. The average Bonchev–Trinajstić information content (AvgIpc) is 2.38. The summed E-state index contributed by atoms with van der Waals surface area (Å²) in [5, 5.41) is 20.2. The van der Waals surface area contributed by atoms with Crippen LogP contribution in [0, 0.1) is 45.8 Å². The molecule has 1 saturated heterocycles. The smallest absolute Gasteiger partial charge is 0.294 e. The van der Waals surface area contributed by atoms with E-state index in [1.807, 2.05) is 5.32 Å². The van der Waals surface area contributed by atoms with Crippen LogP contribution in [0.15, 0.2) is 0 Å². The summed E-state index contributed by atoms with van der Waals surface area (Å²) in [6.45, 7) is 0. The predicted molar refractivity (Wildman–Crippen MR) is 61.8 cm³/mol. The molecule has 112 valence electrons. The second-order valence-electron chi connectivity index (χ2n) is 5.55. The minimum atomic E-state index is -4.47. The highest BCUT2D eigenvalue weighted by molar-refractivity contribution is 6.03. The van der Waals surface area contributed by atoms with Crippen molar-refractivity contribution < 1.29 is 22.8 Å². The Kier molecular flexibility index (Phi) is 3.66. The lowest BCUT2D eigenvalue weighted by Crippen LogP contribution is -2.59. The maximum absolute atomic E-state index is 13.0. The quantitative estimate of drug-likeness (QED) is 0.688. The van der Waals surface area contributed by atoms with E-state index in [-0.39, 0.29) is 19.3 Å². The van der Waals surface area contributed by atoms with Gasteiger partial charge in [-0.15, -0.1) is 0 Å². The monoisotopic (exact) mass is 299 g/mol. The van der Waals surface area contributed by atoms with Gasteiger partial charge in [-0.2, -0.15) is 23.7 Å². The maximum Gasteiger partial charge on any atom is 0.391 e. The molecule has 1 aliphatic heterocycles. The molecule has 0 bridgehead atoms. The Bertz CT molecular complexity index is 526. The van der Waals surface area contributed by atoms with Crippen LogP contribution in [0.1, 0.15) is 25.7 Å². The van der Waals surface area contributed by atoms with E-state index in [4.69, 9.17) is 10.5 Å². The molecule has 8 heteroatoms. The van der Waals surface area contributed by atoms with E-state index in [9.17, 15) is 22.8 Å². The number of carbonyl (C=O) groups is 2. The molecular formula is C13H12F3N3O2. The highest BCUT2D eigenvalue weighted by Gasteiger charge is 2.60. The van der Waals surface area contributed by atoms with Crippen molar-refractivity contribution in [2.24, 2.45) is 23.2 Å². The van der Waals surface area contributed by atoms with Gasteiger partial charge in [0, 0.05) is 5.41 Å². The normalized spacial score (nSPS) is 32.1. The van der Waals surface area contributed by atoms with E-state index in [2.05, 4.69) is 0 Å². The maximum atomic E-state index is 13.0. The van der Waals surface area contributed by atoms with Gasteiger partial charge in [0.2, 0.25) is 11.8 Å². The molecule has 2 amide bonds. The van der Waals surface area contributed by atoms with E-state index in [1.165, 1.54) is 0 Å². The SMILES string of the molecule is N#C[C@H]1C(=O)NC(=O)[C@H](C#N)C12CCC[C@@H](C(F)(F)F)C2. The molecule has 0 radical (unpaired) electrons. The zero-order valence-electron chi connectivity index (χ0n) is 10.9. The lowest BCUT2D eigenvalue weighted by Gasteiger charge is -2.47. The molecule has 1 spiro atoms. The van der Waals surface area contributed by atoms with Crippen molar-refractivity contribution in [1.82, 2.24) is 5.32 Å². The average molecular weight is 299 g/mol. The number of nitrogens with one attached hydrogen (secondary N) is 1. The molecule has 1 heterocycles. The molecule has 0 aromatic rings. The van der Waals surface area contributed by atoms with Crippen molar-refractivity contribution in [3.05, 3.63) is 0 Å². The zero-order valence-corrected chi connectivity index (χ0v) is 10.9. The van der Waals surface area contributed by atoms with Crippen LogP contribution >= 0.6 is 0 Å². The molecule has 0 aromatic heterocycles. The van der Waals surface area contributed by atoms with Gasteiger partial charge in [0.05, 0.1) is 18.1 Å². The van der Waals surface area contributed by atoms with Gasteiger partial charge in [0.15, 0.2) is 0 Å². The zero-order chi connectivity index (χ0) is 15.8. The fourth-order valence-corrected chi connectivity index (χ4v) is 3.47. The van der Waals surface area contributed by atoms with Crippen molar-refractivity contribution >= 4 is 11.8 Å². The van der Waals surface area contributed by atoms with Gasteiger partial charge in [0.25, 0.3) is 0 Å². The molecule has 2 rings (SSSR count). The van der Waals surface area contributed by atoms with Crippen LogP contribution in [0.2, 0.25) is 0 Å². The molecule has 3 atom stereocenters. The largest absolute Gasteiger partial charge is 0.391 e. The number of nitrogens with zero attached hydrogens (tertiary/aromatic N) is 2. The standard InChI is InChI=1S/C13H12F3N3O2/c14-13(15,16)7-2-1-3-12(4-7)8(5-17)10(20)19-11(21)9(12)6-18/h7-9H,1-4H2,(H,19,20,21)/t7-,8+,9+/m1/s1. The fraction of sp³-hybridized carbons (Fsp3) is 0.692. The number of hydrogen-bond donors (Lipinski definition) is 1. The Balaban J connectivity index is 2.48. The van der Waals surface area contributed by atoms with Gasteiger partial charge in [-0.25, -0.2) is 0 Å². The summed E-state index contributed by atoms with van der Waals surface area (Å²) in [5.74, 6) is -6.33. The van der Waals surface area contributed by atoms with Crippen LogP contribution in [0.25, 0.3) is 0 Å². The number of amides is 2. The van der Waals surface area contributed by atoms with Crippen molar-refractivity contribution in [2.45, 2.75) is 31.9 Å². The second-order valence-corrected chi connectivity index (χ2v) is 5.55. The number of hydrogen-bond acceptors (Lipinski definition) is 4.